The van der Waals surface area contributed by atoms with Crippen molar-refractivity contribution in [3.8, 4) is 5.75 Å². The van der Waals surface area contributed by atoms with Crippen LogP contribution in [0.3, 0.4) is 0 Å². The second-order valence-electron chi connectivity index (χ2n) is 4.15. The Labute approximate surface area is 106 Å². The number of rotatable bonds is 6. The number of methoxy groups -OCH3 is 1. The third kappa shape index (κ3) is 4.14. The van der Waals surface area contributed by atoms with Gasteiger partial charge in [0.2, 0.25) is 0 Å². The molecule has 0 aromatic heterocycles. The lowest BCUT2D eigenvalue weighted by molar-refractivity contribution is 0.0506. The van der Waals surface area contributed by atoms with E-state index in [1.54, 1.807) is 7.11 Å². The van der Waals surface area contributed by atoms with Gasteiger partial charge in [0, 0.05) is 11.9 Å². The van der Waals surface area contributed by atoms with Gasteiger partial charge in [-0.15, -0.1) is 0 Å². The van der Waals surface area contributed by atoms with Gasteiger partial charge in [-0.3, -0.25) is 0 Å². The highest BCUT2D eigenvalue weighted by atomic mass is 79.9. The highest BCUT2D eigenvalue weighted by molar-refractivity contribution is 9.09. The molecule has 0 bridgehead atoms. The fourth-order valence-corrected chi connectivity index (χ4v) is 1.94. The standard InChI is InChI=1S/C13H19BrO2/c1-10(2)9-16-13(8-14)11-5-4-6-12(7-11)15-3/h4-7,10,13H,8-9H2,1-3H3. The fraction of sp³-hybridized carbons (Fsp3) is 0.538. The summed E-state index contributed by atoms with van der Waals surface area (Å²) in [4.78, 5) is 0. The maximum atomic E-state index is 5.84. The lowest BCUT2D eigenvalue weighted by Crippen LogP contribution is -2.10. The van der Waals surface area contributed by atoms with Crippen molar-refractivity contribution in [2.24, 2.45) is 5.92 Å². The molecular formula is C13H19BrO2. The van der Waals surface area contributed by atoms with Gasteiger partial charge in [-0.25, -0.2) is 0 Å². The van der Waals surface area contributed by atoms with Crippen LogP contribution in [0.1, 0.15) is 25.5 Å². The monoisotopic (exact) mass is 286 g/mol. The molecular weight excluding hydrogens is 268 g/mol. The minimum absolute atomic E-state index is 0.0949. The highest BCUT2D eigenvalue weighted by Crippen LogP contribution is 2.24. The van der Waals surface area contributed by atoms with E-state index in [9.17, 15) is 0 Å². The molecule has 0 saturated carbocycles. The molecule has 0 heterocycles. The summed E-state index contributed by atoms with van der Waals surface area (Å²) in [5.74, 6) is 1.42. The van der Waals surface area contributed by atoms with Crippen molar-refractivity contribution < 1.29 is 9.47 Å². The fourth-order valence-electron chi connectivity index (χ4n) is 1.38. The van der Waals surface area contributed by atoms with Gasteiger partial charge in [-0.2, -0.15) is 0 Å². The van der Waals surface area contributed by atoms with Crippen LogP contribution in [0, 0.1) is 5.92 Å². The van der Waals surface area contributed by atoms with Crippen molar-refractivity contribution in [2.45, 2.75) is 20.0 Å². The molecule has 3 heteroatoms. The molecule has 1 aromatic carbocycles. The lowest BCUT2D eigenvalue weighted by atomic mass is 10.1. The molecule has 2 nitrogen and oxygen atoms in total. The molecule has 0 N–H and O–H groups in total. The summed E-state index contributed by atoms with van der Waals surface area (Å²) in [5, 5.41) is 0.798. The largest absolute Gasteiger partial charge is 0.497 e. The molecule has 0 aliphatic rings. The van der Waals surface area contributed by atoms with Crippen LogP contribution in [-0.4, -0.2) is 19.0 Å². The van der Waals surface area contributed by atoms with E-state index >= 15 is 0 Å². The van der Waals surface area contributed by atoms with Gasteiger partial charge in [-0.1, -0.05) is 41.9 Å². The second kappa shape index (κ2) is 6.92. The molecule has 16 heavy (non-hydrogen) atoms. The zero-order chi connectivity index (χ0) is 12.0. The van der Waals surface area contributed by atoms with E-state index < -0.39 is 0 Å². The molecule has 0 spiro atoms. The Morgan fingerprint density at radius 3 is 2.62 bits per heavy atom. The van der Waals surface area contributed by atoms with E-state index in [0.29, 0.717) is 5.92 Å². The summed E-state index contributed by atoms with van der Waals surface area (Å²) in [6.45, 7) is 5.07. The Balaban J connectivity index is 2.70. The molecule has 1 unspecified atom stereocenters. The van der Waals surface area contributed by atoms with Gasteiger partial charge in [0.25, 0.3) is 0 Å². The highest BCUT2D eigenvalue weighted by Gasteiger charge is 2.11. The molecule has 0 aliphatic carbocycles. The van der Waals surface area contributed by atoms with Crippen molar-refractivity contribution in [3.05, 3.63) is 29.8 Å². The average Bonchev–Trinajstić information content (AvgIpc) is 2.30. The van der Waals surface area contributed by atoms with E-state index in [1.807, 2.05) is 18.2 Å². The van der Waals surface area contributed by atoms with E-state index in [-0.39, 0.29) is 6.10 Å². The zero-order valence-electron chi connectivity index (χ0n) is 10.1. The van der Waals surface area contributed by atoms with Crippen LogP contribution in [0.15, 0.2) is 24.3 Å². The van der Waals surface area contributed by atoms with Gasteiger partial charge in [0.05, 0.1) is 13.2 Å². The summed E-state index contributed by atoms with van der Waals surface area (Å²) in [6.07, 6.45) is 0.0949. The first-order valence-electron chi connectivity index (χ1n) is 5.49. The zero-order valence-corrected chi connectivity index (χ0v) is 11.7. The van der Waals surface area contributed by atoms with Gasteiger partial charge in [0.15, 0.2) is 0 Å². The van der Waals surface area contributed by atoms with E-state index in [1.165, 1.54) is 0 Å². The van der Waals surface area contributed by atoms with Crippen LogP contribution < -0.4 is 4.74 Å². The molecule has 0 aliphatic heterocycles. The molecule has 0 fully saturated rings. The van der Waals surface area contributed by atoms with Crippen LogP contribution >= 0.6 is 15.9 Å². The van der Waals surface area contributed by atoms with Crippen LogP contribution in [-0.2, 0) is 4.74 Å². The first kappa shape index (κ1) is 13.5. The van der Waals surface area contributed by atoms with Crippen LogP contribution in [0.2, 0.25) is 0 Å². The summed E-state index contributed by atoms with van der Waals surface area (Å²) in [5.41, 5.74) is 1.15. The number of halogens is 1. The number of benzene rings is 1. The lowest BCUT2D eigenvalue weighted by Gasteiger charge is -2.17. The Hall–Kier alpha value is -0.540. The number of hydrogen-bond acceptors (Lipinski definition) is 2. The van der Waals surface area contributed by atoms with E-state index in [4.69, 9.17) is 9.47 Å². The van der Waals surface area contributed by atoms with Gasteiger partial charge in [-0.05, 0) is 23.6 Å². The van der Waals surface area contributed by atoms with Crippen LogP contribution in [0.25, 0.3) is 0 Å². The van der Waals surface area contributed by atoms with Crippen molar-refractivity contribution in [1.82, 2.24) is 0 Å². The Morgan fingerprint density at radius 2 is 2.06 bits per heavy atom. The number of ether oxygens (including phenoxy) is 2. The van der Waals surface area contributed by atoms with Crippen LogP contribution in [0.4, 0.5) is 0 Å². The quantitative estimate of drug-likeness (QED) is 0.741. The second-order valence-corrected chi connectivity index (χ2v) is 4.79. The van der Waals surface area contributed by atoms with E-state index in [0.717, 1.165) is 23.2 Å². The number of hydrogen-bond donors (Lipinski definition) is 0. The summed E-state index contributed by atoms with van der Waals surface area (Å²) in [6, 6.07) is 8.01. The summed E-state index contributed by atoms with van der Waals surface area (Å²) >= 11 is 3.48. The molecule has 0 saturated heterocycles. The van der Waals surface area contributed by atoms with Gasteiger partial charge < -0.3 is 9.47 Å². The Bertz CT molecular complexity index is 313. The van der Waals surface area contributed by atoms with Gasteiger partial charge in [0.1, 0.15) is 5.75 Å². The van der Waals surface area contributed by atoms with Crippen molar-refractivity contribution in [3.63, 3.8) is 0 Å². The maximum Gasteiger partial charge on any atom is 0.119 e. The molecule has 0 amide bonds. The third-order valence-electron chi connectivity index (χ3n) is 2.24. The topological polar surface area (TPSA) is 18.5 Å². The molecule has 1 aromatic rings. The third-order valence-corrected chi connectivity index (χ3v) is 2.82. The van der Waals surface area contributed by atoms with E-state index in [2.05, 4.69) is 35.8 Å². The smallest absolute Gasteiger partial charge is 0.119 e. The minimum Gasteiger partial charge on any atom is -0.497 e. The predicted octanol–water partition coefficient (Wildman–Crippen LogP) is 3.80. The maximum absolute atomic E-state index is 5.84. The number of alkyl halides is 1. The van der Waals surface area contributed by atoms with Crippen LogP contribution in [0.5, 0.6) is 5.75 Å². The normalized spacial score (nSPS) is 12.8. The van der Waals surface area contributed by atoms with Gasteiger partial charge >= 0.3 is 0 Å². The molecule has 90 valence electrons. The molecule has 0 radical (unpaired) electrons. The predicted molar refractivity (Wildman–Crippen MR) is 70.3 cm³/mol. The minimum atomic E-state index is 0.0949. The van der Waals surface area contributed by atoms with Crippen molar-refractivity contribution in [1.29, 1.82) is 0 Å². The SMILES string of the molecule is COc1cccc(C(CBr)OCC(C)C)c1. The summed E-state index contributed by atoms with van der Waals surface area (Å²) < 4.78 is 11.0. The Morgan fingerprint density at radius 1 is 1.31 bits per heavy atom. The first-order chi connectivity index (χ1) is 7.67. The summed E-state index contributed by atoms with van der Waals surface area (Å²) in [7, 11) is 1.68. The average molecular weight is 287 g/mol. The first-order valence-corrected chi connectivity index (χ1v) is 6.61. The van der Waals surface area contributed by atoms with Crippen molar-refractivity contribution >= 4 is 15.9 Å². The molecule has 1 atom stereocenters. The Kier molecular flexibility index (Phi) is 5.85. The molecule has 1 rings (SSSR count). The van der Waals surface area contributed by atoms with Crippen molar-refractivity contribution in [2.75, 3.05) is 19.0 Å².